The summed E-state index contributed by atoms with van der Waals surface area (Å²) in [5.74, 6) is -2.92. The average Bonchev–Trinajstić information content (AvgIpc) is 3.50. The molecule has 9 nitrogen and oxygen atoms in total. The summed E-state index contributed by atoms with van der Waals surface area (Å²) in [5.41, 5.74) is 3.11. The molecule has 12 heteroatoms. The van der Waals surface area contributed by atoms with Gasteiger partial charge in [0.25, 0.3) is 11.8 Å². The molecule has 1 spiro atoms. The third-order valence-corrected chi connectivity index (χ3v) is 9.63. The predicted molar refractivity (Wildman–Crippen MR) is 153 cm³/mol. The van der Waals surface area contributed by atoms with Crippen LogP contribution in [0.1, 0.15) is 60.9 Å². The lowest BCUT2D eigenvalue weighted by molar-refractivity contribution is -0.0221. The highest BCUT2D eigenvalue weighted by molar-refractivity contribution is 7.92. The zero-order chi connectivity index (χ0) is 28.8. The van der Waals surface area contributed by atoms with Crippen molar-refractivity contribution in [3.8, 4) is 0 Å². The maximum atomic E-state index is 13.8. The number of aromatic nitrogens is 1. The van der Waals surface area contributed by atoms with Crippen LogP contribution in [0.3, 0.4) is 0 Å². The van der Waals surface area contributed by atoms with E-state index in [1.807, 2.05) is 0 Å². The molecule has 0 bridgehead atoms. The molecule has 3 aliphatic rings. The number of piperidine rings is 1. The number of fused-ring (bicyclic) bond motifs is 1. The standard InChI is InChI=1S/C29H32F2N4O5S/c30-29(31)10-12-35(13-11-29)26-25-20(5-15-40-25)17-24(32-26)33-27(37)22-2-1-21(34-41(38,39)16-14-36)18-23(22)19-3-6-28(7-4-19)8-9-28/h1-3,5,15,17-18,34,36H,4,6-14,16H2,(H,32,33,37). The molecular weight excluding hydrogens is 554 g/mol. The number of furan rings is 1. The summed E-state index contributed by atoms with van der Waals surface area (Å²) in [4.78, 5) is 20.0. The van der Waals surface area contributed by atoms with Crippen LogP contribution in [-0.4, -0.2) is 55.8 Å². The topological polar surface area (TPSA) is 125 Å². The van der Waals surface area contributed by atoms with E-state index in [4.69, 9.17) is 9.52 Å². The lowest BCUT2D eigenvalue weighted by atomic mass is 9.83. The van der Waals surface area contributed by atoms with E-state index in [9.17, 15) is 22.0 Å². The van der Waals surface area contributed by atoms with Crippen LogP contribution in [0.2, 0.25) is 0 Å². The number of carbonyl (C=O) groups is 1. The number of amides is 1. The SMILES string of the molecule is O=C(Nc1cc2ccoc2c(N2CCC(F)(F)CC2)n1)c1ccc(NS(=O)(=O)CCO)cc1C1=CCC2(CC1)CC2. The van der Waals surface area contributed by atoms with Crippen molar-refractivity contribution >= 4 is 49.8 Å². The summed E-state index contributed by atoms with van der Waals surface area (Å²) >= 11 is 0. The predicted octanol–water partition coefficient (Wildman–Crippen LogP) is 5.40. The molecule has 218 valence electrons. The summed E-state index contributed by atoms with van der Waals surface area (Å²) in [5, 5.41) is 12.6. The summed E-state index contributed by atoms with van der Waals surface area (Å²) in [7, 11) is -3.75. The van der Waals surface area contributed by atoms with E-state index in [0.717, 1.165) is 24.8 Å². The lowest BCUT2D eigenvalue weighted by Crippen LogP contribution is -2.39. The van der Waals surface area contributed by atoms with Gasteiger partial charge in [0, 0.05) is 42.6 Å². The monoisotopic (exact) mass is 586 g/mol. The van der Waals surface area contributed by atoms with Crippen molar-refractivity contribution in [2.75, 3.05) is 40.4 Å². The molecule has 1 amide bonds. The van der Waals surface area contributed by atoms with Gasteiger partial charge < -0.3 is 19.7 Å². The summed E-state index contributed by atoms with van der Waals surface area (Å²) in [6.07, 6.45) is 8.16. The summed E-state index contributed by atoms with van der Waals surface area (Å²) in [6.45, 7) is -0.285. The number of carbonyl (C=O) groups excluding carboxylic acids is 1. The third kappa shape index (κ3) is 5.94. The Hall–Kier alpha value is -3.51. The molecule has 3 aromatic rings. The van der Waals surface area contributed by atoms with Crippen LogP contribution in [0.5, 0.6) is 0 Å². The Morgan fingerprint density at radius 3 is 2.56 bits per heavy atom. The van der Waals surface area contributed by atoms with Crippen LogP contribution in [0.25, 0.3) is 16.5 Å². The number of nitrogens with zero attached hydrogens (tertiary/aromatic N) is 2. The molecule has 6 rings (SSSR count). The van der Waals surface area contributed by atoms with Gasteiger partial charge in [-0.3, -0.25) is 9.52 Å². The molecule has 1 saturated carbocycles. The van der Waals surface area contributed by atoms with Crippen molar-refractivity contribution in [3.63, 3.8) is 0 Å². The van der Waals surface area contributed by atoms with Crippen LogP contribution in [0.4, 0.5) is 26.1 Å². The summed E-state index contributed by atoms with van der Waals surface area (Å²) < 4.78 is 60.3. The zero-order valence-electron chi connectivity index (χ0n) is 22.5. The molecular formula is C29H32F2N4O5S. The van der Waals surface area contributed by atoms with Crippen LogP contribution >= 0.6 is 0 Å². The van der Waals surface area contributed by atoms with Crippen molar-refractivity contribution in [1.29, 1.82) is 0 Å². The first-order valence-corrected chi connectivity index (χ1v) is 15.5. The first-order valence-electron chi connectivity index (χ1n) is 13.8. The Balaban J connectivity index is 1.31. The minimum absolute atomic E-state index is 0.112. The van der Waals surface area contributed by atoms with Crippen LogP contribution < -0.4 is 14.9 Å². The van der Waals surface area contributed by atoms with E-state index >= 15 is 0 Å². The molecule has 3 N–H and O–H groups in total. The molecule has 2 aromatic heterocycles. The van der Waals surface area contributed by atoms with Crippen LogP contribution in [0, 0.1) is 5.41 Å². The number of halogens is 2. The fraction of sp³-hybridized carbons (Fsp3) is 0.448. The number of hydrogen-bond donors (Lipinski definition) is 3. The third-order valence-electron chi connectivity index (χ3n) is 8.36. The Bertz CT molecular complexity index is 1620. The normalized spacial score (nSPS) is 19.7. The van der Waals surface area contributed by atoms with Gasteiger partial charge in [0.2, 0.25) is 10.0 Å². The second kappa shape index (κ2) is 10.4. The number of anilines is 3. The molecule has 2 fully saturated rings. The second-order valence-electron chi connectivity index (χ2n) is 11.3. The molecule has 0 radical (unpaired) electrons. The number of benzene rings is 1. The van der Waals surface area contributed by atoms with E-state index < -0.39 is 34.2 Å². The number of allylic oxidation sites excluding steroid dienone is 2. The number of alkyl halides is 2. The number of sulfonamides is 1. The summed E-state index contributed by atoms with van der Waals surface area (Å²) in [6, 6.07) is 8.16. The molecule has 0 unspecified atom stereocenters. The van der Waals surface area contributed by atoms with Gasteiger partial charge in [-0.05, 0) is 79.0 Å². The number of aliphatic hydroxyl groups excluding tert-OH is 1. The lowest BCUT2D eigenvalue weighted by Gasteiger charge is -2.32. The highest BCUT2D eigenvalue weighted by Gasteiger charge is 2.43. The number of aliphatic hydroxyl groups is 1. The van der Waals surface area contributed by atoms with Gasteiger partial charge in [0.15, 0.2) is 11.4 Å². The van der Waals surface area contributed by atoms with Crippen molar-refractivity contribution in [3.05, 3.63) is 53.8 Å². The van der Waals surface area contributed by atoms with Crippen molar-refractivity contribution in [2.45, 2.75) is 50.9 Å². The second-order valence-corrected chi connectivity index (χ2v) is 13.1. The first-order chi connectivity index (χ1) is 19.6. The van der Waals surface area contributed by atoms with Crippen LogP contribution in [0.15, 0.2) is 47.1 Å². The van der Waals surface area contributed by atoms with E-state index in [1.54, 1.807) is 29.2 Å². The maximum Gasteiger partial charge on any atom is 0.257 e. The van der Waals surface area contributed by atoms with Crippen molar-refractivity contribution < 1.29 is 31.5 Å². The fourth-order valence-electron chi connectivity index (χ4n) is 5.71. The Morgan fingerprint density at radius 2 is 1.88 bits per heavy atom. The van der Waals surface area contributed by atoms with E-state index in [-0.39, 0.29) is 31.7 Å². The highest BCUT2D eigenvalue weighted by Crippen LogP contribution is 2.56. The quantitative estimate of drug-likeness (QED) is 0.323. The number of hydrogen-bond acceptors (Lipinski definition) is 7. The number of pyridine rings is 1. The minimum Gasteiger partial charge on any atom is -0.460 e. The maximum absolute atomic E-state index is 13.8. The molecule has 1 saturated heterocycles. The molecule has 1 aliphatic heterocycles. The average molecular weight is 587 g/mol. The van der Waals surface area contributed by atoms with Gasteiger partial charge >= 0.3 is 0 Å². The first kappa shape index (κ1) is 27.6. The van der Waals surface area contributed by atoms with E-state index in [2.05, 4.69) is 21.1 Å². The molecule has 3 heterocycles. The number of rotatable bonds is 8. The minimum atomic E-state index is -3.75. The van der Waals surface area contributed by atoms with Gasteiger partial charge in [-0.15, -0.1) is 0 Å². The van der Waals surface area contributed by atoms with Gasteiger partial charge in [-0.1, -0.05) is 6.08 Å². The molecule has 1 aromatic carbocycles. The van der Waals surface area contributed by atoms with Gasteiger partial charge in [0.05, 0.1) is 18.6 Å². The fourth-order valence-corrected chi connectivity index (χ4v) is 6.54. The smallest absolute Gasteiger partial charge is 0.257 e. The highest BCUT2D eigenvalue weighted by atomic mass is 32.2. The van der Waals surface area contributed by atoms with Crippen molar-refractivity contribution in [2.24, 2.45) is 5.41 Å². The Labute approximate surface area is 236 Å². The van der Waals surface area contributed by atoms with Crippen molar-refractivity contribution in [1.82, 2.24) is 4.98 Å². The zero-order valence-corrected chi connectivity index (χ0v) is 23.3. The van der Waals surface area contributed by atoms with Gasteiger partial charge in [0.1, 0.15) is 5.82 Å². The number of nitrogens with one attached hydrogen (secondary N) is 2. The van der Waals surface area contributed by atoms with Crippen LogP contribution in [-0.2, 0) is 10.0 Å². The van der Waals surface area contributed by atoms with Gasteiger partial charge in [-0.2, -0.15) is 0 Å². The Kier molecular flexibility index (Phi) is 7.01. The van der Waals surface area contributed by atoms with E-state index in [0.29, 0.717) is 39.0 Å². The molecule has 0 atom stereocenters. The van der Waals surface area contributed by atoms with E-state index in [1.165, 1.54) is 25.2 Å². The molecule has 41 heavy (non-hydrogen) atoms. The van der Waals surface area contributed by atoms with Gasteiger partial charge in [-0.25, -0.2) is 22.2 Å². The Morgan fingerprint density at radius 1 is 1.10 bits per heavy atom. The molecule has 2 aliphatic carbocycles. The largest absolute Gasteiger partial charge is 0.460 e.